The van der Waals surface area contributed by atoms with Crippen LogP contribution in [0.4, 0.5) is 5.13 Å². The molecule has 0 radical (unpaired) electrons. The number of thiazole rings is 1. The van der Waals surface area contributed by atoms with Gasteiger partial charge in [0.2, 0.25) is 0 Å². The number of ether oxygens (including phenoxy) is 1. The number of aryl methyl sites for hydroxylation is 2. The van der Waals surface area contributed by atoms with Crippen molar-refractivity contribution in [1.82, 2.24) is 10.1 Å². The fraction of sp³-hybridized carbons (Fsp3) is 0.200. The third-order valence-corrected chi connectivity index (χ3v) is 5.15. The standard InChI is InChI=1S/C20H19N3O2S/c1-12-8-13(2)19-18(9-12)26-20(22-19)21-11-14-10-16(23-25-14)15-6-4-5-7-17(15)24-3/h4-10H,11H2,1-3H3,(H,21,22). The molecule has 4 rings (SSSR count). The maximum atomic E-state index is 5.47. The van der Waals surface area contributed by atoms with Crippen molar-refractivity contribution in [2.24, 2.45) is 0 Å². The van der Waals surface area contributed by atoms with Gasteiger partial charge < -0.3 is 14.6 Å². The smallest absolute Gasteiger partial charge is 0.184 e. The van der Waals surface area contributed by atoms with Crippen molar-refractivity contribution in [3.8, 4) is 17.0 Å². The van der Waals surface area contributed by atoms with E-state index in [1.807, 2.05) is 30.3 Å². The fourth-order valence-corrected chi connectivity index (χ4v) is 4.03. The van der Waals surface area contributed by atoms with Gasteiger partial charge in [0.15, 0.2) is 10.9 Å². The molecule has 132 valence electrons. The Labute approximate surface area is 155 Å². The van der Waals surface area contributed by atoms with Crippen LogP contribution >= 0.6 is 11.3 Å². The van der Waals surface area contributed by atoms with E-state index in [-0.39, 0.29) is 0 Å². The summed E-state index contributed by atoms with van der Waals surface area (Å²) in [6.07, 6.45) is 0. The highest BCUT2D eigenvalue weighted by molar-refractivity contribution is 7.22. The Morgan fingerprint density at radius 2 is 2.00 bits per heavy atom. The van der Waals surface area contributed by atoms with E-state index < -0.39 is 0 Å². The monoisotopic (exact) mass is 365 g/mol. The van der Waals surface area contributed by atoms with Crippen LogP contribution in [0, 0.1) is 13.8 Å². The van der Waals surface area contributed by atoms with E-state index in [1.165, 1.54) is 15.8 Å². The number of methoxy groups -OCH3 is 1. The van der Waals surface area contributed by atoms with Crippen LogP contribution in [0.1, 0.15) is 16.9 Å². The number of nitrogens with zero attached hydrogens (tertiary/aromatic N) is 2. The topological polar surface area (TPSA) is 60.2 Å². The normalized spacial score (nSPS) is 11.0. The molecule has 0 aliphatic heterocycles. The van der Waals surface area contributed by atoms with Crippen molar-refractivity contribution in [1.29, 1.82) is 0 Å². The van der Waals surface area contributed by atoms with Gasteiger partial charge in [-0.1, -0.05) is 34.7 Å². The molecule has 0 amide bonds. The number of aromatic nitrogens is 2. The van der Waals surface area contributed by atoms with Crippen LogP contribution in [-0.4, -0.2) is 17.3 Å². The lowest BCUT2D eigenvalue weighted by Crippen LogP contribution is -1.97. The van der Waals surface area contributed by atoms with E-state index in [9.17, 15) is 0 Å². The summed E-state index contributed by atoms with van der Waals surface area (Å²) in [6.45, 7) is 4.72. The third-order valence-electron chi connectivity index (χ3n) is 4.19. The van der Waals surface area contributed by atoms with Crippen LogP contribution in [0.5, 0.6) is 5.75 Å². The minimum atomic E-state index is 0.528. The molecular weight excluding hydrogens is 346 g/mol. The zero-order chi connectivity index (χ0) is 18.1. The third kappa shape index (κ3) is 3.15. The van der Waals surface area contributed by atoms with Crippen LogP contribution in [0.2, 0.25) is 0 Å². The summed E-state index contributed by atoms with van der Waals surface area (Å²) in [4.78, 5) is 4.69. The Hall–Kier alpha value is -2.86. The van der Waals surface area contributed by atoms with Crippen molar-refractivity contribution >= 4 is 26.7 Å². The molecule has 5 nitrogen and oxygen atoms in total. The first-order valence-corrected chi connectivity index (χ1v) is 9.16. The summed E-state index contributed by atoms with van der Waals surface area (Å²) >= 11 is 1.65. The van der Waals surface area contributed by atoms with Crippen LogP contribution in [-0.2, 0) is 6.54 Å². The molecule has 4 aromatic rings. The first-order valence-electron chi connectivity index (χ1n) is 8.34. The maximum absolute atomic E-state index is 5.47. The van der Waals surface area contributed by atoms with Crippen molar-refractivity contribution in [3.63, 3.8) is 0 Å². The van der Waals surface area contributed by atoms with Crippen LogP contribution < -0.4 is 10.1 Å². The summed E-state index contributed by atoms with van der Waals surface area (Å²) in [5, 5.41) is 8.38. The molecule has 0 fully saturated rings. The molecule has 0 spiro atoms. The van der Waals surface area contributed by atoms with Crippen LogP contribution in [0.15, 0.2) is 47.0 Å². The second kappa shape index (κ2) is 6.80. The van der Waals surface area contributed by atoms with Gasteiger partial charge >= 0.3 is 0 Å². The number of benzene rings is 2. The molecule has 2 aromatic carbocycles. The zero-order valence-corrected chi connectivity index (χ0v) is 15.7. The Bertz CT molecular complexity index is 1070. The highest BCUT2D eigenvalue weighted by Gasteiger charge is 2.12. The minimum Gasteiger partial charge on any atom is -0.496 e. The number of anilines is 1. The predicted octanol–water partition coefficient (Wildman–Crippen LogP) is 5.19. The molecule has 0 atom stereocenters. The van der Waals surface area contributed by atoms with Gasteiger partial charge in [-0.05, 0) is 43.2 Å². The van der Waals surface area contributed by atoms with Gasteiger partial charge in [-0.15, -0.1) is 0 Å². The van der Waals surface area contributed by atoms with E-state index in [4.69, 9.17) is 9.26 Å². The number of hydrogen-bond acceptors (Lipinski definition) is 6. The van der Waals surface area contributed by atoms with E-state index in [0.29, 0.717) is 6.54 Å². The molecular formula is C20H19N3O2S. The molecule has 0 aliphatic rings. The summed E-state index contributed by atoms with van der Waals surface area (Å²) < 4.78 is 12.0. The molecule has 0 saturated carbocycles. The quantitative estimate of drug-likeness (QED) is 0.527. The number of para-hydroxylation sites is 1. The predicted molar refractivity (Wildman–Crippen MR) is 105 cm³/mol. The van der Waals surface area contributed by atoms with E-state index in [0.717, 1.165) is 33.4 Å². The van der Waals surface area contributed by atoms with Gasteiger partial charge in [0, 0.05) is 11.6 Å². The van der Waals surface area contributed by atoms with Crippen molar-refractivity contribution in [3.05, 3.63) is 59.4 Å². The molecule has 6 heteroatoms. The van der Waals surface area contributed by atoms with Crippen molar-refractivity contribution in [2.45, 2.75) is 20.4 Å². The zero-order valence-electron chi connectivity index (χ0n) is 14.9. The number of hydrogen-bond donors (Lipinski definition) is 1. The second-order valence-corrected chi connectivity index (χ2v) is 7.21. The van der Waals surface area contributed by atoms with Gasteiger partial charge in [-0.25, -0.2) is 4.98 Å². The van der Waals surface area contributed by atoms with Gasteiger partial charge in [0.05, 0.1) is 23.9 Å². The van der Waals surface area contributed by atoms with Crippen LogP contribution in [0.3, 0.4) is 0 Å². The number of rotatable bonds is 5. The van der Waals surface area contributed by atoms with E-state index in [2.05, 4.69) is 41.4 Å². The second-order valence-electron chi connectivity index (χ2n) is 6.18. The molecule has 26 heavy (non-hydrogen) atoms. The molecule has 0 bridgehead atoms. The first-order chi connectivity index (χ1) is 12.6. The lowest BCUT2D eigenvalue weighted by Gasteiger charge is -2.03. The van der Waals surface area contributed by atoms with Crippen LogP contribution in [0.25, 0.3) is 21.5 Å². The van der Waals surface area contributed by atoms with Crippen molar-refractivity contribution < 1.29 is 9.26 Å². The highest BCUT2D eigenvalue weighted by Crippen LogP contribution is 2.31. The Morgan fingerprint density at radius 1 is 1.15 bits per heavy atom. The number of nitrogens with one attached hydrogen (secondary N) is 1. The molecule has 0 aliphatic carbocycles. The summed E-state index contributed by atoms with van der Waals surface area (Å²) in [5.41, 5.74) is 5.17. The average molecular weight is 365 g/mol. The summed E-state index contributed by atoms with van der Waals surface area (Å²) in [6, 6.07) is 14.0. The van der Waals surface area contributed by atoms with Gasteiger partial charge in [0.25, 0.3) is 0 Å². The molecule has 2 heterocycles. The Kier molecular flexibility index (Phi) is 4.34. The van der Waals surface area contributed by atoms with Crippen molar-refractivity contribution in [2.75, 3.05) is 12.4 Å². The maximum Gasteiger partial charge on any atom is 0.184 e. The SMILES string of the molecule is COc1ccccc1-c1cc(CNc2nc3c(C)cc(C)cc3s2)on1. The average Bonchev–Trinajstić information content (AvgIpc) is 3.26. The lowest BCUT2D eigenvalue weighted by atomic mass is 10.1. The molecule has 0 unspecified atom stereocenters. The van der Waals surface area contributed by atoms with Gasteiger partial charge in [0.1, 0.15) is 11.4 Å². The largest absolute Gasteiger partial charge is 0.496 e. The van der Waals surface area contributed by atoms with E-state index in [1.54, 1.807) is 18.4 Å². The Balaban J connectivity index is 1.52. The highest BCUT2D eigenvalue weighted by atomic mass is 32.1. The lowest BCUT2D eigenvalue weighted by molar-refractivity contribution is 0.388. The van der Waals surface area contributed by atoms with Gasteiger partial charge in [-0.3, -0.25) is 0 Å². The number of fused-ring (bicyclic) bond motifs is 1. The first kappa shape index (κ1) is 16.6. The molecule has 0 saturated heterocycles. The molecule has 2 aromatic heterocycles. The van der Waals surface area contributed by atoms with E-state index >= 15 is 0 Å². The Morgan fingerprint density at radius 3 is 2.85 bits per heavy atom. The molecule has 1 N–H and O–H groups in total. The minimum absolute atomic E-state index is 0.528. The summed E-state index contributed by atoms with van der Waals surface area (Å²) in [7, 11) is 1.65. The van der Waals surface area contributed by atoms with Gasteiger partial charge in [-0.2, -0.15) is 0 Å². The summed E-state index contributed by atoms with van der Waals surface area (Å²) in [5.74, 6) is 1.52. The fourth-order valence-electron chi connectivity index (χ4n) is 2.99.